The van der Waals surface area contributed by atoms with Gasteiger partial charge in [0.15, 0.2) is 0 Å². The summed E-state index contributed by atoms with van der Waals surface area (Å²) in [4.78, 5) is 0. The lowest BCUT2D eigenvalue weighted by Gasteiger charge is -2.10. The van der Waals surface area contributed by atoms with Crippen LogP contribution in [0.1, 0.15) is 5.56 Å². The first-order chi connectivity index (χ1) is 8.58. The van der Waals surface area contributed by atoms with Crippen LogP contribution in [0.25, 0.3) is 0 Å². The topological polar surface area (TPSA) is 9.23 Å². The fourth-order valence-corrected chi connectivity index (χ4v) is 2.29. The average Bonchev–Trinajstić information content (AvgIpc) is 2.35. The molecule has 0 radical (unpaired) electrons. The van der Waals surface area contributed by atoms with Crippen molar-refractivity contribution in [2.45, 2.75) is 6.61 Å². The molecule has 18 heavy (non-hydrogen) atoms. The van der Waals surface area contributed by atoms with Gasteiger partial charge in [-0.2, -0.15) is 0 Å². The summed E-state index contributed by atoms with van der Waals surface area (Å²) >= 11 is 12.5. The molecule has 0 atom stereocenters. The zero-order valence-electron chi connectivity index (χ0n) is 9.09. The van der Waals surface area contributed by atoms with E-state index in [-0.39, 0.29) is 12.4 Å². The second kappa shape index (κ2) is 6.04. The largest absolute Gasteiger partial charge is 0.487 e. The number of ether oxygens (including phenoxy) is 1. The fourth-order valence-electron chi connectivity index (χ4n) is 1.40. The highest BCUT2D eigenvalue weighted by Gasteiger charge is 2.07. The highest BCUT2D eigenvalue weighted by molar-refractivity contribution is 9.10. The molecule has 94 valence electrons. The number of hydrogen-bond donors (Lipinski definition) is 0. The number of halogens is 4. The maximum absolute atomic E-state index is 13.3. The molecule has 0 amide bonds. The molecular weight excluding hydrogens is 386 g/mol. The van der Waals surface area contributed by atoms with Crippen LogP contribution in [0.5, 0.6) is 5.75 Å². The van der Waals surface area contributed by atoms with Gasteiger partial charge in [0.25, 0.3) is 0 Å². The molecule has 2 aromatic rings. The summed E-state index contributed by atoms with van der Waals surface area (Å²) in [6.07, 6.45) is 0. The molecule has 0 spiro atoms. The Morgan fingerprint density at radius 2 is 1.94 bits per heavy atom. The van der Waals surface area contributed by atoms with Gasteiger partial charge >= 0.3 is 0 Å². The molecule has 0 aromatic heterocycles. The lowest BCUT2D eigenvalue weighted by atomic mass is 10.2. The lowest BCUT2D eigenvalue weighted by Crippen LogP contribution is -1.98. The average molecular weight is 394 g/mol. The van der Waals surface area contributed by atoms with E-state index in [1.807, 2.05) is 6.07 Å². The van der Waals surface area contributed by atoms with Crippen LogP contribution in [0, 0.1) is 5.82 Å². The molecule has 0 saturated heterocycles. The summed E-state index contributed by atoms with van der Waals surface area (Å²) in [7, 11) is 0. The fraction of sp³-hybridized carbons (Fsp3) is 0.0769. The molecule has 0 aliphatic carbocycles. The number of rotatable bonds is 3. The lowest BCUT2D eigenvalue weighted by molar-refractivity contribution is 0.304. The standard InChI is InChI=1S/C13H8Br2ClFO/c14-9-4-5-10(16)12(6-9)18-7-8-2-1-3-11(17)13(8)15/h1-6H,7H2. The van der Waals surface area contributed by atoms with Crippen LogP contribution in [-0.2, 0) is 6.61 Å². The van der Waals surface area contributed by atoms with Crippen molar-refractivity contribution in [3.05, 3.63) is 61.7 Å². The third-order valence-corrected chi connectivity index (χ3v) is 4.00. The van der Waals surface area contributed by atoms with E-state index in [1.54, 1.807) is 24.3 Å². The second-order valence-electron chi connectivity index (χ2n) is 3.58. The Morgan fingerprint density at radius 1 is 1.17 bits per heavy atom. The highest BCUT2D eigenvalue weighted by atomic mass is 79.9. The van der Waals surface area contributed by atoms with Gasteiger partial charge < -0.3 is 4.74 Å². The molecular formula is C13H8Br2ClFO. The summed E-state index contributed by atoms with van der Waals surface area (Å²) < 4.78 is 20.2. The van der Waals surface area contributed by atoms with E-state index in [0.717, 1.165) is 10.0 Å². The van der Waals surface area contributed by atoms with Crippen molar-refractivity contribution in [3.63, 3.8) is 0 Å². The molecule has 0 N–H and O–H groups in total. The number of benzene rings is 2. The minimum absolute atomic E-state index is 0.245. The van der Waals surface area contributed by atoms with E-state index in [4.69, 9.17) is 16.3 Å². The maximum Gasteiger partial charge on any atom is 0.139 e. The SMILES string of the molecule is Fc1cccc(COc2cc(Br)ccc2Cl)c1Br. The molecule has 0 bridgehead atoms. The van der Waals surface area contributed by atoms with Gasteiger partial charge in [-0.25, -0.2) is 4.39 Å². The van der Waals surface area contributed by atoms with Crippen molar-refractivity contribution in [2.75, 3.05) is 0 Å². The van der Waals surface area contributed by atoms with Crippen LogP contribution in [0.4, 0.5) is 4.39 Å². The smallest absolute Gasteiger partial charge is 0.139 e. The molecule has 2 aromatic carbocycles. The van der Waals surface area contributed by atoms with E-state index >= 15 is 0 Å². The predicted octanol–water partition coefficient (Wildman–Crippen LogP) is 5.58. The molecule has 2 rings (SSSR count). The van der Waals surface area contributed by atoms with Gasteiger partial charge in [0.05, 0.1) is 9.50 Å². The Labute approximate surface area is 126 Å². The number of hydrogen-bond acceptors (Lipinski definition) is 1. The van der Waals surface area contributed by atoms with Gasteiger partial charge in [-0.3, -0.25) is 0 Å². The minimum Gasteiger partial charge on any atom is -0.487 e. The first-order valence-corrected chi connectivity index (χ1v) is 7.05. The van der Waals surface area contributed by atoms with Gasteiger partial charge in [-0.05, 0) is 40.2 Å². The van der Waals surface area contributed by atoms with Gasteiger partial charge in [0.2, 0.25) is 0 Å². The monoisotopic (exact) mass is 392 g/mol. The van der Waals surface area contributed by atoms with E-state index in [1.165, 1.54) is 6.07 Å². The molecule has 0 unspecified atom stereocenters. The highest BCUT2D eigenvalue weighted by Crippen LogP contribution is 2.29. The van der Waals surface area contributed by atoms with E-state index in [9.17, 15) is 4.39 Å². The van der Waals surface area contributed by atoms with Crippen LogP contribution >= 0.6 is 43.5 Å². The summed E-state index contributed by atoms with van der Waals surface area (Å²) in [5.74, 6) is 0.249. The van der Waals surface area contributed by atoms with Gasteiger partial charge in [0, 0.05) is 10.0 Å². The van der Waals surface area contributed by atoms with Crippen molar-refractivity contribution in [2.24, 2.45) is 0 Å². The zero-order valence-corrected chi connectivity index (χ0v) is 13.0. The zero-order chi connectivity index (χ0) is 13.1. The van der Waals surface area contributed by atoms with Crippen LogP contribution < -0.4 is 4.74 Å². The summed E-state index contributed by atoms with van der Waals surface area (Å²) in [6, 6.07) is 10.2. The third-order valence-electron chi connectivity index (χ3n) is 2.31. The molecule has 1 nitrogen and oxygen atoms in total. The van der Waals surface area contributed by atoms with Crippen LogP contribution in [0.2, 0.25) is 5.02 Å². The van der Waals surface area contributed by atoms with Crippen LogP contribution in [0.3, 0.4) is 0 Å². The normalized spacial score (nSPS) is 10.4. The molecule has 5 heteroatoms. The summed E-state index contributed by atoms with van der Waals surface area (Å²) in [5.41, 5.74) is 0.728. The Morgan fingerprint density at radius 3 is 2.72 bits per heavy atom. The minimum atomic E-state index is -0.309. The van der Waals surface area contributed by atoms with Gasteiger partial charge in [0.1, 0.15) is 18.2 Å². The van der Waals surface area contributed by atoms with Crippen molar-refractivity contribution < 1.29 is 9.13 Å². The molecule has 0 aliphatic heterocycles. The molecule has 0 fully saturated rings. The molecule has 0 aliphatic rings. The van der Waals surface area contributed by atoms with Crippen molar-refractivity contribution in [3.8, 4) is 5.75 Å². The Kier molecular flexibility index (Phi) is 4.65. The second-order valence-corrected chi connectivity index (χ2v) is 5.69. The van der Waals surface area contributed by atoms with Crippen LogP contribution in [-0.4, -0.2) is 0 Å². The Balaban J connectivity index is 2.16. The first-order valence-electron chi connectivity index (χ1n) is 5.08. The third kappa shape index (κ3) is 3.25. The Bertz CT molecular complexity index is 573. The van der Waals surface area contributed by atoms with Crippen molar-refractivity contribution in [1.29, 1.82) is 0 Å². The predicted molar refractivity (Wildman–Crippen MR) is 77.6 cm³/mol. The van der Waals surface area contributed by atoms with Crippen molar-refractivity contribution >= 4 is 43.5 Å². The summed E-state index contributed by atoms with van der Waals surface area (Å²) in [6.45, 7) is 0.245. The summed E-state index contributed by atoms with van der Waals surface area (Å²) in [5, 5.41) is 0.519. The van der Waals surface area contributed by atoms with Crippen molar-refractivity contribution in [1.82, 2.24) is 0 Å². The van der Waals surface area contributed by atoms with Crippen LogP contribution in [0.15, 0.2) is 45.3 Å². The molecule has 0 saturated carbocycles. The van der Waals surface area contributed by atoms with E-state index < -0.39 is 0 Å². The van der Waals surface area contributed by atoms with Gasteiger partial charge in [-0.1, -0.05) is 39.7 Å². The van der Waals surface area contributed by atoms with E-state index in [2.05, 4.69) is 31.9 Å². The maximum atomic E-state index is 13.3. The molecule has 0 heterocycles. The van der Waals surface area contributed by atoms with Gasteiger partial charge in [-0.15, -0.1) is 0 Å². The quantitative estimate of drug-likeness (QED) is 0.660. The first kappa shape index (κ1) is 13.8. The van der Waals surface area contributed by atoms with E-state index in [0.29, 0.717) is 15.2 Å². The Hall–Kier alpha value is -0.580.